The highest BCUT2D eigenvalue weighted by Crippen LogP contribution is 2.25. The summed E-state index contributed by atoms with van der Waals surface area (Å²) in [5.41, 5.74) is 5.07. The van der Waals surface area contributed by atoms with Crippen LogP contribution in [0, 0.1) is 0 Å². The average molecular weight is 396 g/mol. The van der Waals surface area contributed by atoms with Gasteiger partial charge in [-0.3, -0.25) is 4.79 Å². The molecule has 0 fully saturated rings. The Hall–Kier alpha value is -3.66. The first-order valence-electron chi connectivity index (χ1n) is 10.3. The van der Waals surface area contributed by atoms with Crippen LogP contribution in [0.3, 0.4) is 0 Å². The van der Waals surface area contributed by atoms with Crippen LogP contribution in [0.5, 0.6) is 0 Å². The lowest BCUT2D eigenvalue weighted by Crippen LogP contribution is -2.12. The van der Waals surface area contributed by atoms with Gasteiger partial charge >= 0.3 is 0 Å². The van der Waals surface area contributed by atoms with E-state index in [0.717, 1.165) is 23.4 Å². The standard InChI is InChI=1S/C26H25N3O/c1-3-19(2)20-14-16-22(17-15-20)27-26(30)24-18-29(23-12-8-5-9-13-23)28-25(24)21-10-6-4-7-11-21/h4-19H,3H2,1-2H3,(H,27,30). The van der Waals surface area contributed by atoms with E-state index < -0.39 is 0 Å². The van der Waals surface area contributed by atoms with Crippen molar-refractivity contribution in [2.75, 3.05) is 5.32 Å². The van der Waals surface area contributed by atoms with Crippen LogP contribution in [0.25, 0.3) is 16.9 Å². The second-order valence-electron chi connectivity index (χ2n) is 7.42. The fourth-order valence-electron chi connectivity index (χ4n) is 3.39. The molecular formula is C26H25N3O. The fourth-order valence-corrected chi connectivity index (χ4v) is 3.39. The summed E-state index contributed by atoms with van der Waals surface area (Å²) < 4.78 is 1.75. The molecule has 30 heavy (non-hydrogen) atoms. The largest absolute Gasteiger partial charge is 0.322 e. The second-order valence-corrected chi connectivity index (χ2v) is 7.42. The predicted molar refractivity (Wildman–Crippen MR) is 122 cm³/mol. The third kappa shape index (κ3) is 4.18. The molecule has 0 bridgehead atoms. The van der Waals surface area contributed by atoms with E-state index in [1.54, 1.807) is 10.9 Å². The number of hydrogen-bond acceptors (Lipinski definition) is 2. The SMILES string of the molecule is CCC(C)c1ccc(NC(=O)c2cn(-c3ccccc3)nc2-c2ccccc2)cc1. The number of hydrogen-bond donors (Lipinski definition) is 1. The molecule has 0 aliphatic heterocycles. The van der Waals surface area contributed by atoms with Crippen LogP contribution in [-0.4, -0.2) is 15.7 Å². The third-order valence-electron chi connectivity index (χ3n) is 5.38. The van der Waals surface area contributed by atoms with E-state index in [0.29, 0.717) is 17.2 Å². The molecule has 1 N–H and O–H groups in total. The minimum atomic E-state index is -0.174. The van der Waals surface area contributed by atoms with Gasteiger partial charge < -0.3 is 5.32 Å². The lowest BCUT2D eigenvalue weighted by molar-refractivity contribution is 0.102. The number of aromatic nitrogens is 2. The number of carbonyl (C=O) groups is 1. The molecule has 1 aromatic heterocycles. The van der Waals surface area contributed by atoms with Gasteiger partial charge in [-0.1, -0.05) is 74.5 Å². The number of para-hydroxylation sites is 1. The average Bonchev–Trinajstić information content (AvgIpc) is 3.26. The Morgan fingerprint density at radius 3 is 2.20 bits per heavy atom. The predicted octanol–water partition coefficient (Wildman–Crippen LogP) is 6.31. The van der Waals surface area contributed by atoms with Gasteiger partial charge in [-0.25, -0.2) is 4.68 Å². The van der Waals surface area contributed by atoms with Gasteiger partial charge in [0.15, 0.2) is 0 Å². The Kier molecular flexibility index (Phi) is 5.75. The second kappa shape index (κ2) is 8.78. The molecule has 1 unspecified atom stereocenters. The summed E-state index contributed by atoms with van der Waals surface area (Å²) in [5, 5.41) is 7.74. The van der Waals surface area contributed by atoms with Crippen molar-refractivity contribution in [3.63, 3.8) is 0 Å². The summed E-state index contributed by atoms with van der Waals surface area (Å²) in [6.45, 7) is 4.38. The van der Waals surface area contributed by atoms with Crippen molar-refractivity contribution in [2.45, 2.75) is 26.2 Å². The molecule has 1 heterocycles. The molecule has 4 nitrogen and oxygen atoms in total. The van der Waals surface area contributed by atoms with Crippen molar-refractivity contribution in [1.29, 1.82) is 0 Å². The normalized spacial score (nSPS) is 11.8. The molecular weight excluding hydrogens is 370 g/mol. The van der Waals surface area contributed by atoms with Gasteiger partial charge in [-0.2, -0.15) is 5.10 Å². The monoisotopic (exact) mass is 395 g/mol. The first-order chi connectivity index (χ1) is 14.7. The summed E-state index contributed by atoms with van der Waals surface area (Å²) in [6, 6.07) is 27.7. The Balaban J connectivity index is 1.66. The zero-order chi connectivity index (χ0) is 20.9. The van der Waals surface area contributed by atoms with E-state index in [1.807, 2.05) is 72.8 Å². The van der Waals surface area contributed by atoms with E-state index in [2.05, 4.69) is 31.3 Å². The number of anilines is 1. The van der Waals surface area contributed by atoms with Gasteiger partial charge in [0.2, 0.25) is 0 Å². The molecule has 0 radical (unpaired) electrons. The third-order valence-corrected chi connectivity index (χ3v) is 5.38. The van der Waals surface area contributed by atoms with Crippen molar-refractivity contribution < 1.29 is 4.79 Å². The van der Waals surface area contributed by atoms with Crippen molar-refractivity contribution >= 4 is 11.6 Å². The maximum Gasteiger partial charge on any atom is 0.259 e. The van der Waals surface area contributed by atoms with Gasteiger partial charge in [0.1, 0.15) is 5.69 Å². The van der Waals surface area contributed by atoms with Crippen molar-refractivity contribution in [3.05, 3.63) is 102 Å². The van der Waals surface area contributed by atoms with Crippen LogP contribution in [0.4, 0.5) is 5.69 Å². The van der Waals surface area contributed by atoms with Gasteiger partial charge in [-0.05, 0) is 42.2 Å². The molecule has 0 aliphatic carbocycles. The number of amides is 1. The number of rotatable bonds is 6. The van der Waals surface area contributed by atoms with Gasteiger partial charge in [0.25, 0.3) is 5.91 Å². The first kappa shape index (κ1) is 19.6. The molecule has 3 aromatic carbocycles. The minimum absolute atomic E-state index is 0.174. The quantitative estimate of drug-likeness (QED) is 0.416. The molecule has 1 atom stereocenters. The van der Waals surface area contributed by atoms with Crippen LogP contribution in [-0.2, 0) is 0 Å². The molecule has 0 saturated heterocycles. The van der Waals surface area contributed by atoms with Crippen LogP contribution in [0.15, 0.2) is 91.1 Å². The number of nitrogens with one attached hydrogen (secondary N) is 1. The maximum atomic E-state index is 13.2. The highest BCUT2D eigenvalue weighted by Gasteiger charge is 2.19. The highest BCUT2D eigenvalue weighted by atomic mass is 16.1. The van der Waals surface area contributed by atoms with Gasteiger partial charge in [-0.15, -0.1) is 0 Å². The summed E-state index contributed by atoms with van der Waals surface area (Å²) >= 11 is 0. The summed E-state index contributed by atoms with van der Waals surface area (Å²) in [6.07, 6.45) is 2.88. The Morgan fingerprint density at radius 1 is 0.933 bits per heavy atom. The molecule has 4 aromatic rings. The Morgan fingerprint density at radius 2 is 1.57 bits per heavy atom. The van der Waals surface area contributed by atoms with Crippen LogP contribution in [0.2, 0.25) is 0 Å². The van der Waals surface area contributed by atoms with Gasteiger partial charge in [0.05, 0.1) is 11.3 Å². The lowest BCUT2D eigenvalue weighted by Gasteiger charge is -2.10. The van der Waals surface area contributed by atoms with E-state index in [-0.39, 0.29) is 5.91 Å². The smallest absolute Gasteiger partial charge is 0.259 e. The minimum Gasteiger partial charge on any atom is -0.322 e. The molecule has 4 heteroatoms. The van der Waals surface area contributed by atoms with Gasteiger partial charge in [0, 0.05) is 17.4 Å². The number of nitrogens with zero attached hydrogens (tertiary/aromatic N) is 2. The van der Waals surface area contributed by atoms with E-state index in [9.17, 15) is 4.79 Å². The van der Waals surface area contributed by atoms with Crippen molar-refractivity contribution in [2.24, 2.45) is 0 Å². The number of benzene rings is 3. The van der Waals surface area contributed by atoms with E-state index >= 15 is 0 Å². The summed E-state index contributed by atoms with van der Waals surface area (Å²) in [7, 11) is 0. The molecule has 150 valence electrons. The van der Waals surface area contributed by atoms with Crippen LogP contribution >= 0.6 is 0 Å². The van der Waals surface area contributed by atoms with Crippen LogP contribution < -0.4 is 5.32 Å². The maximum absolute atomic E-state index is 13.2. The van der Waals surface area contributed by atoms with Crippen molar-refractivity contribution in [3.8, 4) is 16.9 Å². The van der Waals surface area contributed by atoms with E-state index in [1.165, 1.54) is 5.56 Å². The van der Waals surface area contributed by atoms with Crippen molar-refractivity contribution in [1.82, 2.24) is 9.78 Å². The Bertz CT molecular complexity index is 1120. The zero-order valence-electron chi connectivity index (χ0n) is 17.2. The number of carbonyl (C=O) groups excluding carboxylic acids is 1. The summed E-state index contributed by atoms with van der Waals surface area (Å²) in [4.78, 5) is 13.2. The topological polar surface area (TPSA) is 46.9 Å². The molecule has 0 spiro atoms. The fraction of sp³-hybridized carbons (Fsp3) is 0.154. The zero-order valence-corrected chi connectivity index (χ0v) is 17.2. The summed E-state index contributed by atoms with van der Waals surface area (Å²) in [5.74, 6) is 0.330. The molecule has 4 rings (SSSR count). The molecule has 0 saturated carbocycles. The Labute approximate surface area is 177 Å². The highest BCUT2D eigenvalue weighted by molar-refractivity contribution is 6.08. The molecule has 1 amide bonds. The molecule has 0 aliphatic rings. The lowest BCUT2D eigenvalue weighted by atomic mass is 9.98. The van der Waals surface area contributed by atoms with Crippen LogP contribution in [0.1, 0.15) is 42.1 Å². The van der Waals surface area contributed by atoms with E-state index in [4.69, 9.17) is 5.10 Å². The first-order valence-corrected chi connectivity index (χ1v) is 10.3.